The number of carbonyl (C=O) groups excluding carboxylic acids is 1. The number of rotatable bonds is 3. The molecule has 0 saturated heterocycles. The van der Waals surface area contributed by atoms with E-state index < -0.39 is 16.3 Å². The molecule has 0 atom stereocenters. The third-order valence-electron chi connectivity index (χ3n) is 2.33. The monoisotopic (exact) mass is 298 g/mol. The summed E-state index contributed by atoms with van der Waals surface area (Å²) in [5.74, 6) is -1.01. The number of benzene rings is 1. The molecule has 1 heterocycles. The van der Waals surface area contributed by atoms with Crippen LogP contribution in [0.2, 0.25) is 0 Å². The Labute approximate surface area is 114 Å². The van der Waals surface area contributed by atoms with Crippen LogP contribution in [0.4, 0.5) is 0 Å². The minimum absolute atomic E-state index is 0.125. The Kier molecular flexibility index (Phi) is 3.65. The molecule has 8 heteroatoms. The molecule has 1 aromatic heterocycles. The van der Waals surface area contributed by atoms with Gasteiger partial charge in [0, 0.05) is 17.1 Å². The van der Waals surface area contributed by atoms with Crippen LogP contribution < -0.4 is 5.14 Å². The first-order valence-electron chi connectivity index (χ1n) is 5.14. The quantitative estimate of drug-likeness (QED) is 0.925. The van der Waals surface area contributed by atoms with E-state index in [1.807, 2.05) is 6.92 Å². The molecule has 100 valence electrons. The zero-order chi connectivity index (χ0) is 14.0. The third-order valence-corrected chi connectivity index (χ3v) is 3.30. The highest BCUT2D eigenvalue weighted by Crippen LogP contribution is 2.26. The Morgan fingerprint density at radius 1 is 1.42 bits per heavy atom. The van der Waals surface area contributed by atoms with Crippen molar-refractivity contribution in [2.24, 2.45) is 5.14 Å². The number of aryl methyl sites for hydroxylation is 1. The van der Waals surface area contributed by atoms with Gasteiger partial charge in [-0.1, -0.05) is 17.7 Å². The maximum atomic E-state index is 11.8. The van der Waals surface area contributed by atoms with Crippen LogP contribution >= 0.6 is 11.5 Å². The Hall–Kier alpha value is -1.77. The number of hydrogen-bond donors (Lipinski definition) is 1. The Morgan fingerprint density at radius 3 is 2.74 bits per heavy atom. The average molecular weight is 298 g/mol. The second kappa shape index (κ2) is 5.08. The van der Waals surface area contributed by atoms with Crippen molar-refractivity contribution in [2.75, 3.05) is 0 Å². The fourth-order valence-corrected chi connectivity index (χ4v) is 2.40. The molecule has 0 amide bonds. The first-order valence-corrected chi connectivity index (χ1v) is 7.44. The van der Waals surface area contributed by atoms with E-state index >= 15 is 0 Å². The van der Waals surface area contributed by atoms with Gasteiger partial charge in [0.2, 0.25) is 0 Å². The van der Waals surface area contributed by atoms with Crippen molar-refractivity contribution in [3.8, 4) is 11.1 Å². The number of nitrogens with zero attached hydrogens (tertiary/aromatic N) is 1. The lowest BCUT2D eigenvalue weighted by Gasteiger charge is -2.07. The van der Waals surface area contributed by atoms with Gasteiger partial charge in [0.25, 0.3) is 0 Å². The number of carbonyl (C=O) groups is 1. The van der Waals surface area contributed by atoms with Gasteiger partial charge in [-0.05, 0) is 30.1 Å². The van der Waals surface area contributed by atoms with Gasteiger partial charge in [-0.15, -0.1) is 0 Å². The topological polar surface area (TPSA) is 99.4 Å². The van der Waals surface area contributed by atoms with Gasteiger partial charge in [0.1, 0.15) is 0 Å². The van der Waals surface area contributed by atoms with Crippen molar-refractivity contribution < 1.29 is 17.4 Å². The zero-order valence-corrected chi connectivity index (χ0v) is 11.5. The predicted molar refractivity (Wildman–Crippen MR) is 70.8 cm³/mol. The lowest BCUT2D eigenvalue weighted by Crippen LogP contribution is -2.20. The molecule has 2 rings (SSSR count). The van der Waals surface area contributed by atoms with Gasteiger partial charge in [-0.25, -0.2) is 9.17 Å². The molecule has 0 fully saturated rings. The van der Waals surface area contributed by atoms with E-state index in [-0.39, 0.29) is 5.56 Å². The van der Waals surface area contributed by atoms with Crippen LogP contribution in [0, 0.1) is 6.92 Å². The molecule has 6 nitrogen and oxygen atoms in total. The summed E-state index contributed by atoms with van der Waals surface area (Å²) in [6.45, 7) is 1.86. The largest absolute Gasteiger partial charge is 0.382 e. The highest BCUT2D eigenvalue weighted by atomic mass is 32.2. The summed E-state index contributed by atoms with van der Waals surface area (Å²) in [6.07, 6.45) is 1.59. The van der Waals surface area contributed by atoms with Crippen LogP contribution in [0.5, 0.6) is 0 Å². The zero-order valence-electron chi connectivity index (χ0n) is 9.86. The van der Waals surface area contributed by atoms with Crippen LogP contribution in [-0.4, -0.2) is 18.8 Å². The number of aromatic nitrogens is 1. The normalized spacial score (nSPS) is 11.3. The van der Waals surface area contributed by atoms with Crippen molar-refractivity contribution >= 4 is 27.8 Å². The summed E-state index contributed by atoms with van der Waals surface area (Å²) in [5.41, 5.74) is 2.32. The fourth-order valence-electron chi connectivity index (χ4n) is 1.56. The molecule has 0 spiro atoms. The summed E-state index contributed by atoms with van der Waals surface area (Å²) in [5, 5.41) is 6.44. The van der Waals surface area contributed by atoms with E-state index in [0.29, 0.717) is 5.56 Å². The first kappa shape index (κ1) is 13.7. The fraction of sp³-hybridized carbons (Fsp3) is 0.0909. The highest BCUT2D eigenvalue weighted by molar-refractivity contribution is 7.84. The Balaban J connectivity index is 2.49. The van der Waals surface area contributed by atoms with Crippen molar-refractivity contribution in [3.05, 3.63) is 40.9 Å². The molecule has 2 N–H and O–H groups in total. The highest BCUT2D eigenvalue weighted by Gasteiger charge is 2.19. The van der Waals surface area contributed by atoms with Crippen LogP contribution in [0.25, 0.3) is 11.1 Å². The van der Waals surface area contributed by atoms with E-state index in [1.54, 1.807) is 23.7 Å². The second-order valence-electron chi connectivity index (χ2n) is 3.83. The molecule has 1 aromatic carbocycles. The van der Waals surface area contributed by atoms with Gasteiger partial charge in [-0.2, -0.15) is 13.6 Å². The molecule has 2 aromatic rings. The lowest BCUT2D eigenvalue weighted by atomic mass is 10.0. The molecule has 0 radical (unpaired) electrons. The van der Waals surface area contributed by atoms with Crippen LogP contribution in [0.1, 0.15) is 15.9 Å². The molecule has 0 aliphatic rings. The minimum Gasteiger partial charge on any atom is -0.330 e. The molecular weight excluding hydrogens is 288 g/mol. The maximum absolute atomic E-state index is 11.8. The summed E-state index contributed by atoms with van der Waals surface area (Å²) in [6, 6.07) is 4.93. The number of nitrogens with two attached hydrogens (primary N) is 1. The van der Waals surface area contributed by atoms with E-state index in [9.17, 15) is 13.2 Å². The summed E-state index contributed by atoms with van der Waals surface area (Å²) in [7, 11) is -4.33. The van der Waals surface area contributed by atoms with Crippen LogP contribution in [0.15, 0.2) is 29.8 Å². The lowest BCUT2D eigenvalue weighted by molar-refractivity contribution is 0.0748. The summed E-state index contributed by atoms with van der Waals surface area (Å²) >= 11 is 1.23. The van der Waals surface area contributed by atoms with Gasteiger partial charge in [0.15, 0.2) is 0 Å². The predicted octanol–water partition coefficient (Wildman–Crippen LogP) is 1.48. The smallest absolute Gasteiger partial charge is 0.330 e. The van der Waals surface area contributed by atoms with E-state index in [1.165, 1.54) is 17.6 Å². The third kappa shape index (κ3) is 3.37. The molecule has 0 aliphatic carbocycles. The maximum Gasteiger partial charge on any atom is 0.382 e. The Morgan fingerprint density at radius 2 is 2.16 bits per heavy atom. The SMILES string of the molecule is Cc1ccc(C(=O)OS(N)(=O)=O)c(-c2cnsc2)c1. The molecule has 0 aliphatic heterocycles. The second-order valence-corrected chi connectivity index (χ2v) is 5.64. The standard InChI is InChI=1S/C11H10N2O4S2/c1-7-2-3-9(11(14)17-19(12,15)16)10(4-7)8-5-13-18-6-8/h2-6H,1H3,(H2,12,15,16). The van der Waals surface area contributed by atoms with Gasteiger partial charge < -0.3 is 4.18 Å². The summed E-state index contributed by atoms with van der Waals surface area (Å²) < 4.78 is 29.8. The van der Waals surface area contributed by atoms with Crippen molar-refractivity contribution in [3.63, 3.8) is 0 Å². The summed E-state index contributed by atoms with van der Waals surface area (Å²) in [4.78, 5) is 11.8. The molecule has 0 saturated carbocycles. The van der Waals surface area contributed by atoms with Crippen molar-refractivity contribution in [1.29, 1.82) is 0 Å². The first-order chi connectivity index (χ1) is 8.87. The van der Waals surface area contributed by atoms with E-state index in [2.05, 4.69) is 8.56 Å². The van der Waals surface area contributed by atoms with E-state index in [4.69, 9.17) is 5.14 Å². The number of hydrogen-bond acceptors (Lipinski definition) is 6. The molecule has 0 bridgehead atoms. The van der Waals surface area contributed by atoms with Crippen LogP contribution in [0.3, 0.4) is 0 Å². The molecular formula is C11H10N2O4S2. The van der Waals surface area contributed by atoms with Gasteiger partial charge >= 0.3 is 16.3 Å². The minimum atomic E-state index is -4.33. The van der Waals surface area contributed by atoms with Crippen LogP contribution in [-0.2, 0) is 14.5 Å². The average Bonchev–Trinajstić information content (AvgIpc) is 2.79. The van der Waals surface area contributed by atoms with Gasteiger partial charge in [0.05, 0.1) is 5.56 Å². The van der Waals surface area contributed by atoms with E-state index in [0.717, 1.165) is 11.1 Å². The van der Waals surface area contributed by atoms with Crippen molar-refractivity contribution in [2.45, 2.75) is 6.92 Å². The molecule has 19 heavy (non-hydrogen) atoms. The molecule has 0 unspecified atom stereocenters. The van der Waals surface area contributed by atoms with Gasteiger partial charge in [-0.3, -0.25) is 0 Å². The van der Waals surface area contributed by atoms with Crippen molar-refractivity contribution in [1.82, 2.24) is 4.37 Å². The Bertz CT molecular complexity index is 708.